The lowest BCUT2D eigenvalue weighted by atomic mass is 9.80. The predicted molar refractivity (Wildman–Crippen MR) is 82.0 cm³/mol. The van der Waals surface area contributed by atoms with Crippen molar-refractivity contribution >= 4 is 27.5 Å². The van der Waals surface area contributed by atoms with Crippen LogP contribution in [0, 0.1) is 11.8 Å². The molecule has 18 heavy (non-hydrogen) atoms. The second-order valence-corrected chi connectivity index (χ2v) is 6.91. The first-order valence-corrected chi connectivity index (χ1v) is 7.90. The first-order valence-electron chi connectivity index (χ1n) is 6.73. The monoisotopic (exact) mass is 329 g/mol. The average molecular weight is 331 g/mol. The van der Waals surface area contributed by atoms with E-state index >= 15 is 0 Å². The molecule has 0 aliphatic heterocycles. The number of benzene rings is 1. The quantitative estimate of drug-likeness (QED) is 0.821. The number of rotatable bonds is 3. The molecule has 0 saturated heterocycles. The summed E-state index contributed by atoms with van der Waals surface area (Å²) in [5.41, 5.74) is 1.28. The molecule has 0 aromatic heterocycles. The molecule has 3 atom stereocenters. The fraction of sp³-hybridized carbons (Fsp3) is 0.600. The molecule has 1 nitrogen and oxygen atoms in total. The van der Waals surface area contributed by atoms with Crippen LogP contribution in [0.4, 0.5) is 0 Å². The van der Waals surface area contributed by atoms with Crippen LogP contribution in [0.25, 0.3) is 0 Å². The van der Waals surface area contributed by atoms with Gasteiger partial charge < -0.3 is 5.32 Å². The predicted octanol–water partition coefficient (Wildman–Crippen LogP) is 5.02. The Morgan fingerprint density at radius 1 is 1.33 bits per heavy atom. The molecule has 0 radical (unpaired) electrons. The summed E-state index contributed by atoms with van der Waals surface area (Å²) in [5.74, 6) is 1.67. The maximum absolute atomic E-state index is 5.95. The Kier molecular flexibility index (Phi) is 5.11. The zero-order valence-electron chi connectivity index (χ0n) is 11.0. The van der Waals surface area contributed by atoms with E-state index in [-0.39, 0.29) is 0 Å². The van der Waals surface area contributed by atoms with Crippen molar-refractivity contribution in [1.82, 2.24) is 5.32 Å². The van der Waals surface area contributed by atoms with Crippen molar-refractivity contribution < 1.29 is 0 Å². The standard InChI is InChI=1S/C15H21BrClN/c1-10-3-6-15(11(2)7-10)18-9-12-4-5-13(17)8-14(12)16/h4-5,8,10-11,15,18H,3,6-7,9H2,1-2H3. The molecule has 0 heterocycles. The third kappa shape index (κ3) is 3.72. The van der Waals surface area contributed by atoms with Crippen molar-refractivity contribution in [2.24, 2.45) is 11.8 Å². The molecule has 1 aromatic carbocycles. The average Bonchev–Trinajstić information content (AvgIpc) is 2.30. The number of nitrogens with one attached hydrogen (secondary N) is 1. The molecule has 100 valence electrons. The molecule has 1 saturated carbocycles. The summed E-state index contributed by atoms with van der Waals surface area (Å²) < 4.78 is 1.10. The van der Waals surface area contributed by atoms with Crippen molar-refractivity contribution in [2.45, 2.75) is 45.7 Å². The van der Waals surface area contributed by atoms with Crippen LogP contribution in [-0.2, 0) is 6.54 Å². The molecule has 1 aromatic rings. The highest BCUT2D eigenvalue weighted by Crippen LogP contribution is 2.29. The van der Waals surface area contributed by atoms with E-state index in [9.17, 15) is 0 Å². The van der Waals surface area contributed by atoms with E-state index in [2.05, 4.69) is 41.2 Å². The van der Waals surface area contributed by atoms with Gasteiger partial charge in [0.05, 0.1) is 0 Å². The lowest BCUT2D eigenvalue weighted by Gasteiger charge is -2.33. The van der Waals surface area contributed by atoms with Crippen LogP contribution < -0.4 is 5.32 Å². The van der Waals surface area contributed by atoms with Crippen LogP contribution >= 0.6 is 27.5 Å². The van der Waals surface area contributed by atoms with Crippen molar-refractivity contribution in [2.75, 3.05) is 0 Å². The molecular formula is C15H21BrClN. The summed E-state index contributed by atoms with van der Waals surface area (Å²) in [7, 11) is 0. The molecule has 1 aliphatic carbocycles. The van der Waals surface area contributed by atoms with Gasteiger partial charge in [-0.3, -0.25) is 0 Å². The van der Waals surface area contributed by atoms with Gasteiger partial charge in [0.25, 0.3) is 0 Å². The minimum atomic E-state index is 0.656. The number of halogens is 2. The van der Waals surface area contributed by atoms with E-state index in [4.69, 9.17) is 11.6 Å². The van der Waals surface area contributed by atoms with Crippen LogP contribution in [0.1, 0.15) is 38.7 Å². The first kappa shape index (κ1) is 14.4. The van der Waals surface area contributed by atoms with E-state index in [1.807, 2.05) is 12.1 Å². The summed E-state index contributed by atoms with van der Waals surface area (Å²) in [6.45, 7) is 5.65. The Hall–Kier alpha value is -0.0500. The van der Waals surface area contributed by atoms with Crippen LogP contribution in [0.15, 0.2) is 22.7 Å². The van der Waals surface area contributed by atoms with E-state index in [0.717, 1.165) is 27.9 Å². The number of hydrogen-bond acceptors (Lipinski definition) is 1. The molecule has 1 N–H and O–H groups in total. The largest absolute Gasteiger partial charge is 0.310 e. The van der Waals surface area contributed by atoms with Crippen LogP contribution in [0.3, 0.4) is 0 Å². The summed E-state index contributed by atoms with van der Waals surface area (Å²) in [5, 5.41) is 4.48. The zero-order chi connectivity index (χ0) is 13.1. The van der Waals surface area contributed by atoms with Crippen LogP contribution in [0.5, 0.6) is 0 Å². The van der Waals surface area contributed by atoms with Gasteiger partial charge in [0.15, 0.2) is 0 Å². The van der Waals surface area contributed by atoms with Gasteiger partial charge in [0.1, 0.15) is 0 Å². The summed E-state index contributed by atoms with van der Waals surface area (Å²) in [6, 6.07) is 6.67. The molecular weight excluding hydrogens is 310 g/mol. The maximum Gasteiger partial charge on any atom is 0.0417 e. The Morgan fingerprint density at radius 3 is 2.78 bits per heavy atom. The van der Waals surface area contributed by atoms with Crippen molar-refractivity contribution in [1.29, 1.82) is 0 Å². The lowest BCUT2D eigenvalue weighted by molar-refractivity contribution is 0.227. The Balaban J connectivity index is 1.91. The number of hydrogen-bond donors (Lipinski definition) is 1. The third-order valence-electron chi connectivity index (χ3n) is 4.00. The van der Waals surface area contributed by atoms with E-state index in [0.29, 0.717) is 6.04 Å². The lowest BCUT2D eigenvalue weighted by Crippen LogP contribution is -2.38. The molecule has 1 fully saturated rings. The molecule has 3 heteroatoms. The topological polar surface area (TPSA) is 12.0 Å². The molecule has 3 unspecified atom stereocenters. The van der Waals surface area contributed by atoms with Gasteiger partial charge in [-0.25, -0.2) is 0 Å². The van der Waals surface area contributed by atoms with Crippen LogP contribution in [-0.4, -0.2) is 6.04 Å². The van der Waals surface area contributed by atoms with Gasteiger partial charge >= 0.3 is 0 Å². The minimum absolute atomic E-state index is 0.656. The van der Waals surface area contributed by atoms with Crippen LogP contribution in [0.2, 0.25) is 5.02 Å². The second kappa shape index (κ2) is 6.40. The van der Waals surface area contributed by atoms with Gasteiger partial charge in [-0.1, -0.05) is 47.4 Å². The molecule has 1 aliphatic rings. The second-order valence-electron chi connectivity index (χ2n) is 5.62. The van der Waals surface area contributed by atoms with Gasteiger partial charge in [0, 0.05) is 22.1 Å². The Morgan fingerprint density at radius 2 is 2.11 bits per heavy atom. The molecule has 0 spiro atoms. The van der Waals surface area contributed by atoms with E-state index in [1.165, 1.54) is 24.8 Å². The van der Waals surface area contributed by atoms with E-state index in [1.54, 1.807) is 0 Å². The van der Waals surface area contributed by atoms with Crippen molar-refractivity contribution in [3.05, 3.63) is 33.3 Å². The first-order chi connectivity index (χ1) is 8.56. The summed E-state index contributed by atoms with van der Waals surface area (Å²) in [4.78, 5) is 0. The smallest absolute Gasteiger partial charge is 0.0417 e. The maximum atomic E-state index is 5.95. The molecule has 2 rings (SSSR count). The van der Waals surface area contributed by atoms with Crippen molar-refractivity contribution in [3.8, 4) is 0 Å². The summed E-state index contributed by atoms with van der Waals surface area (Å²) >= 11 is 9.53. The minimum Gasteiger partial charge on any atom is -0.310 e. The van der Waals surface area contributed by atoms with Crippen molar-refractivity contribution in [3.63, 3.8) is 0 Å². The zero-order valence-corrected chi connectivity index (χ0v) is 13.4. The summed E-state index contributed by atoms with van der Waals surface area (Å²) in [6.07, 6.45) is 4.00. The third-order valence-corrected chi connectivity index (χ3v) is 4.97. The Bertz CT molecular complexity index is 407. The van der Waals surface area contributed by atoms with Gasteiger partial charge in [-0.15, -0.1) is 0 Å². The highest BCUT2D eigenvalue weighted by atomic mass is 79.9. The molecule has 0 bridgehead atoms. The highest BCUT2D eigenvalue weighted by molar-refractivity contribution is 9.10. The van der Waals surface area contributed by atoms with Gasteiger partial charge in [-0.2, -0.15) is 0 Å². The Labute approximate surface area is 123 Å². The van der Waals surface area contributed by atoms with E-state index < -0.39 is 0 Å². The highest BCUT2D eigenvalue weighted by Gasteiger charge is 2.24. The van der Waals surface area contributed by atoms with Gasteiger partial charge in [-0.05, 0) is 48.8 Å². The molecule has 0 amide bonds. The fourth-order valence-corrected chi connectivity index (χ4v) is 3.70. The normalized spacial score (nSPS) is 28.3. The fourth-order valence-electron chi connectivity index (χ4n) is 2.87. The SMILES string of the molecule is CC1CCC(NCc2ccc(Cl)cc2Br)C(C)C1. The van der Waals surface area contributed by atoms with Gasteiger partial charge in [0.2, 0.25) is 0 Å².